The third kappa shape index (κ3) is 1.07. The summed E-state index contributed by atoms with van der Waals surface area (Å²) in [4.78, 5) is 13.6. The molecule has 0 radical (unpaired) electrons. The van der Waals surface area contributed by atoms with Crippen molar-refractivity contribution in [1.29, 1.82) is 0 Å². The average Bonchev–Trinajstić information content (AvgIpc) is 2.50. The summed E-state index contributed by atoms with van der Waals surface area (Å²) in [7, 11) is 0. The molecule has 0 atom stereocenters. The van der Waals surface area contributed by atoms with Crippen molar-refractivity contribution < 1.29 is 9.53 Å². The quantitative estimate of drug-likeness (QED) is 0.458. The van der Waals surface area contributed by atoms with Gasteiger partial charge in [0, 0.05) is 12.7 Å². The SMILES string of the molecule is O=C=Nc1ccn2c1COCC2. The molecule has 0 saturated carbocycles. The van der Waals surface area contributed by atoms with E-state index < -0.39 is 0 Å². The number of carbonyl (C=O) groups excluding carboxylic acids is 1. The lowest BCUT2D eigenvalue weighted by atomic mass is 10.3. The van der Waals surface area contributed by atoms with Crippen LogP contribution in [0.5, 0.6) is 0 Å². The van der Waals surface area contributed by atoms with Crippen LogP contribution in [0.3, 0.4) is 0 Å². The number of rotatable bonds is 1. The number of hydrogen-bond donors (Lipinski definition) is 0. The topological polar surface area (TPSA) is 43.6 Å². The summed E-state index contributed by atoms with van der Waals surface area (Å²) in [5.41, 5.74) is 1.63. The smallest absolute Gasteiger partial charge is 0.240 e. The second kappa shape index (κ2) is 2.93. The first-order valence-corrected chi connectivity index (χ1v) is 3.75. The van der Waals surface area contributed by atoms with Crippen LogP contribution >= 0.6 is 0 Å². The van der Waals surface area contributed by atoms with E-state index in [4.69, 9.17) is 4.74 Å². The Kier molecular flexibility index (Phi) is 1.78. The zero-order chi connectivity index (χ0) is 8.39. The molecule has 12 heavy (non-hydrogen) atoms. The molecule has 0 bridgehead atoms. The van der Waals surface area contributed by atoms with E-state index in [1.807, 2.05) is 10.8 Å². The lowest BCUT2D eigenvalue weighted by Crippen LogP contribution is -2.15. The second-order valence-electron chi connectivity index (χ2n) is 2.60. The Morgan fingerprint density at radius 3 is 3.42 bits per heavy atom. The van der Waals surface area contributed by atoms with Crippen LogP contribution in [0.25, 0.3) is 0 Å². The number of aliphatic imine (C=N–C) groups is 1. The molecular weight excluding hydrogens is 156 g/mol. The third-order valence-electron chi connectivity index (χ3n) is 1.94. The van der Waals surface area contributed by atoms with Crippen molar-refractivity contribution >= 4 is 11.8 Å². The van der Waals surface area contributed by atoms with Crippen LogP contribution < -0.4 is 0 Å². The zero-order valence-electron chi connectivity index (χ0n) is 6.49. The van der Waals surface area contributed by atoms with Gasteiger partial charge in [0.1, 0.15) is 0 Å². The molecule has 4 nitrogen and oxygen atoms in total. The van der Waals surface area contributed by atoms with Crippen molar-refractivity contribution in [3.63, 3.8) is 0 Å². The van der Waals surface area contributed by atoms with Crippen LogP contribution in [0.2, 0.25) is 0 Å². The van der Waals surface area contributed by atoms with E-state index in [1.165, 1.54) is 6.08 Å². The van der Waals surface area contributed by atoms with Crippen LogP contribution in [0.1, 0.15) is 5.69 Å². The Morgan fingerprint density at radius 2 is 2.58 bits per heavy atom. The summed E-state index contributed by atoms with van der Waals surface area (Å²) in [6, 6.07) is 1.80. The first-order chi connectivity index (χ1) is 5.92. The van der Waals surface area contributed by atoms with Gasteiger partial charge in [0.25, 0.3) is 0 Å². The van der Waals surface area contributed by atoms with Crippen LogP contribution in [-0.4, -0.2) is 17.3 Å². The van der Waals surface area contributed by atoms with E-state index in [2.05, 4.69) is 4.99 Å². The number of hydrogen-bond acceptors (Lipinski definition) is 3. The molecule has 0 aromatic carbocycles. The number of isocyanates is 1. The maximum absolute atomic E-state index is 10.0. The molecule has 1 aliphatic rings. The Hall–Kier alpha value is -1.38. The zero-order valence-corrected chi connectivity index (χ0v) is 6.49. The summed E-state index contributed by atoms with van der Waals surface area (Å²) < 4.78 is 7.27. The molecule has 62 valence electrons. The van der Waals surface area contributed by atoms with Crippen LogP contribution in [0, 0.1) is 0 Å². The lowest BCUT2D eigenvalue weighted by molar-refractivity contribution is 0.0854. The van der Waals surface area contributed by atoms with Crippen molar-refractivity contribution in [3.8, 4) is 0 Å². The minimum atomic E-state index is 0.535. The Labute approximate surface area is 69.5 Å². The minimum Gasteiger partial charge on any atom is -0.373 e. The molecule has 2 rings (SSSR count). The van der Waals surface area contributed by atoms with Crippen molar-refractivity contribution in [2.24, 2.45) is 4.99 Å². The Balaban J connectivity index is 2.44. The van der Waals surface area contributed by atoms with Crippen molar-refractivity contribution in [1.82, 2.24) is 4.57 Å². The average molecular weight is 164 g/mol. The molecule has 0 fully saturated rings. The van der Waals surface area contributed by atoms with Crippen molar-refractivity contribution in [2.75, 3.05) is 6.61 Å². The van der Waals surface area contributed by atoms with E-state index in [-0.39, 0.29) is 0 Å². The summed E-state index contributed by atoms with van der Waals surface area (Å²) in [6.07, 6.45) is 3.44. The molecule has 2 heterocycles. The number of nitrogens with zero attached hydrogens (tertiary/aromatic N) is 2. The molecule has 1 aliphatic heterocycles. The normalized spacial score (nSPS) is 15.0. The predicted molar refractivity (Wildman–Crippen MR) is 41.9 cm³/mol. The van der Waals surface area contributed by atoms with Gasteiger partial charge in [-0.3, -0.25) is 0 Å². The van der Waals surface area contributed by atoms with Crippen molar-refractivity contribution in [2.45, 2.75) is 13.2 Å². The van der Waals surface area contributed by atoms with Gasteiger partial charge >= 0.3 is 0 Å². The first kappa shape index (κ1) is 7.28. The van der Waals surface area contributed by atoms with E-state index in [0.29, 0.717) is 12.3 Å². The van der Waals surface area contributed by atoms with Gasteiger partial charge in [0.05, 0.1) is 24.6 Å². The Morgan fingerprint density at radius 1 is 1.67 bits per heavy atom. The fraction of sp³-hybridized carbons (Fsp3) is 0.375. The van der Waals surface area contributed by atoms with Gasteiger partial charge in [-0.15, -0.1) is 0 Å². The van der Waals surface area contributed by atoms with Gasteiger partial charge < -0.3 is 9.30 Å². The van der Waals surface area contributed by atoms with Gasteiger partial charge in [0.15, 0.2) is 0 Å². The molecular formula is C8H8N2O2. The Bertz CT molecular complexity index is 337. The fourth-order valence-corrected chi connectivity index (χ4v) is 1.34. The van der Waals surface area contributed by atoms with Crippen molar-refractivity contribution in [3.05, 3.63) is 18.0 Å². The van der Waals surface area contributed by atoms with Crippen LogP contribution in [0.15, 0.2) is 17.3 Å². The summed E-state index contributed by atoms with van der Waals surface area (Å²) in [6.45, 7) is 2.10. The maximum Gasteiger partial charge on any atom is 0.240 e. The highest BCUT2D eigenvalue weighted by molar-refractivity contribution is 5.52. The van der Waals surface area contributed by atoms with Gasteiger partial charge in [-0.25, -0.2) is 4.79 Å². The highest BCUT2D eigenvalue weighted by Gasteiger charge is 2.12. The summed E-state index contributed by atoms with van der Waals surface area (Å²) in [5.74, 6) is 0. The number of fused-ring (bicyclic) bond motifs is 1. The van der Waals surface area contributed by atoms with Gasteiger partial charge in [-0.2, -0.15) is 4.99 Å². The highest BCUT2D eigenvalue weighted by atomic mass is 16.5. The highest BCUT2D eigenvalue weighted by Crippen LogP contribution is 2.23. The van der Waals surface area contributed by atoms with Gasteiger partial charge in [-0.1, -0.05) is 0 Å². The molecule has 0 N–H and O–H groups in total. The molecule has 0 aliphatic carbocycles. The van der Waals surface area contributed by atoms with E-state index in [1.54, 1.807) is 6.07 Å². The summed E-state index contributed by atoms with van der Waals surface area (Å²) in [5, 5.41) is 0. The third-order valence-corrected chi connectivity index (χ3v) is 1.94. The van der Waals surface area contributed by atoms with E-state index >= 15 is 0 Å². The van der Waals surface area contributed by atoms with E-state index in [0.717, 1.165) is 18.8 Å². The number of aromatic nitrogens is 1. The minimum absolute atomic E-state index is 0.535. The standard InChI is InChI=1S/C8H8N2O2/c11-6-9-7-1-2-10-3-4-12-5-8(7)10/h1-2H,3-5H2. The molecule has 0 amide bonds. The monoisotopic (exact) mass is 164 g/mol. The van der Waals surface area contributed by atoms with Crippen LogP contribution in [-0.2, 0) is 22.7 Å². The fourth-order valence-electron chi connectivity index (χ4n) is 1.34. The number of ether oxygens (including phenoxy) is 1. The second-order valence-corrected chi connectivity index (χ2v) is 2.60. The molecule has 4 heteroatoms. The van der Waals surface area contributed by atoms with Crippen LogP contribution in [0.4, 0.5) is 5.69 Å². The largest absolute Gasteiger partial charge is 0.373 e. The lowest BCUT2D eigenvalue weighted by Gasteiger charge is -2.15. The molecule has 0 unspecified atom stereocenters. The molecule has 0 saturated heterocycles. The maximum atomic E-state index is 10.0. The molecule has 1 aromatic heterocycles. The summed E-state index contributed by atoms with van der Waals surface area (Å²) >= 11 is 0. The predicted octanol–water partition coefficient (Wildman–Crippen LogP) is 0.986. The molecule has 1 aromatic rings. The molecule has 0 spiro atoms. The first-order valence-electron chi connectivity index (χ1n) is 3.75. The van der Waals surface area contributed by atoms with Gasteiger partial charge in [0.2, 0.25) is 6.08 Å². The van der Waals surface area contributed by atoms with Gasteiger partial charge in [-0.05, 0) is 6.07 Å². The van der Waals surface area contributed by atoms with E-state index in [9.17, 15) is 4.79 Å².